The lowest BCUT2D eigenvalue weighted by Gasteiger charge is -2.29. The van der Waals surface area contributed by atoms with E-state index < -0.39 is 35.7 Å². The first-order valence-corrected chi connectivity index (χ1v) is 16.0. The third-order valence-electron chi connectivity index (χ3n) is 7.74. The van der Waals surface area contributed by atoms with Crippen LogP contribution in [0.1, 0.15) is 47.9 Å². The van der Waals surface area contributed by atoms with Gasteiger partial charge in [-0.1, -0.05) is 36.4 Å². The van der Waals surface area contributed by atoms with Gasteiger partial charge in [0.1, 0.15) is 11.5 Å². The minimum atomic E-state index is -4.17. The van der Waals surface area contributed by atoms with Gasteiger partial charge in [-0.3, -0.25) is 0 Å². The number of halogens is 5. The molecule has 0 heterocycles. The Labute approximate surface area is 288 Å². The Hall–Kier alpha value is -5.06. The summed E-state index contributed by atoms with van der Waals surface area (Å²) in [7, 11) is 0. The molecule has 0 fully saturated rings. The zero-order valence-corrected chi connectivity index (χ0v) is 27.4. The fourth-order valence-corrected chi connectivity index (χ4v) is 5.13. The number of benzene rings is 4. The molecule has 4 aromatic rings. The van der Waals surface area contributed by atoms with E-state index in [0.717, 1.165) is 11.1 Å². The number of rotatable bonds is 17. The number of ether oxygens (including phenoxy) is 3. The highest BCUT2D eigenvalue weighted by molar-refractivity contribution is 5.87. The standard InChI is InChI=1S/C39H40F5N2O4/c1-37(25-29-7-14-32(45)15-8-29,26-30-9-16-33(46)17-10-30)27-49-36(47)22-11-28-5-12-31(13-6-28)39(43,44)50-35-20-18-34(19-21-35)48-24-4-2-3-23-38(40,41)42/h5-22H,1-4,23-27,45-46H2/b22-11+. The second-order valence-electron chi connectivity index (χ2n) is 12.3. The highest BCUT2D eigenvalue weighted by Crippen LogP contribution is 2.33. The highest BCUT2D eigenvalue weighted by atomic mass is 19.4. The maximum atomic E-state index is 14.9. The topological polar surface area (TPSA) is 96.8 Å². The number of nitrogens with two attached hydrogens (primary N) is 2. The van der Waals surface area contributed by atoms with Crippen molar-refractivity contribution in [3.63, 3.8) is 0 Å². The Balaban J connectivity index is 1.28. The van der Waals surface area contributed by atoms with Crippen LogP contribution in [-0.2, 0) is 28.5 Å². The number of hydrogen-bond acceptors (Lipinski definition) is 6. The van der Waals surface area contributed by atoms with Crippen LogP contribution in [0.3, 0.4) is 0 Å². The van der Waals surface area contributed by atoms with Gasteiger partial charge in [0.2, 0.25) is 0 Å². The van der Waals surface area contributed by atoms with Crippen molar-refractivity contribution in [2.75, 3.05) is 24.7 Å². The van der Waals surface area contributed by atoms with Crippen molar-refractivity contribution in [2.24, 2.45) is 5.41 Å². The van der Waals surface area contributed by atoms with Crippen LogP contribution in [-0.4, -0.2) is 25.4 Å². The molecular weight excluding hydrogens is 655 g/mol. The van der Waals surface area contributed by atoms with Gasteiger partial charge in [-0.05, 0) is 122 Å². The summed E-state index contributed by atoms with van der Waals surface area (Å²) in [5.74, 6) is -0.330. The van der Waals surface area contributed by atoms with Crippen molar-refractivity contribution < 1.29 is 41.0 Å². The van der Waals surface area contributed by atoms with Crippen molar-refractivity contribution in [1.29, 1.82) is 0 Å². The third-order valence-corrected chi connectivity index (χ3v) is 7.74. The van der Waals surface area contributed by atoms with Gasteiger partial charge < -0.3 is 25.7 Å². The van der Waals surface area contributed by atoms with Crippen molar-refractivity contribution in [3.8, 4) is 11.5 Å². The summed E-state index contributed by atoms with van der Waals surface area (Å²) < 4.78 is 82.5. The monoisotopic (exact) mass is 695 g/mol. The molecule has 0 saturated heterocycles. The first kappa shape index (κ1) is 37.8. The summed E-state index contributed by atoms with van der Waals surface area (Å²) in [6.07, 6.45) is -4.12. The average Bonchev–Trinajstić information content (AvgIpc) is 3.07. The molecule has 0 aliphatic heterocycles. The maximum absolute atomic E-state index is 14.9. The average molecular weight is 696 g/mol. The Morgan fingerprint density at radius 2 is 1.24 bits per heavy atom. The minimum Gasteiger partial charge on any atom is -0.494 e. The molecule has 0 unspecified atom stereocenters. The smallest absolute Gasteiger partial charge is 0.426 e. The number of nitrogen functional groups attached to an aromatic ring is 2. The van der Waals surface area contributed by atoms with E-state index in [0.29, 0.717) is 48.4 Å². The van der Waals surface area contributed by atoms with Crippen LogP contribution >= 0.6 is 0 Å². The molecule has 11 heteroatoms. The number of alkyl halides is 5. The van der Waals surface area contributed by atoms with Crippen LogP contribution in [0.5, 0.6) is 11.5 Å². The molecule has 0 atom stereocenters. The molecule has 0 aromatic heterocycles. The van der Waals surface area contributed by atoms with Crippen LogP contribution in [0.15, 0.2) is 103 Å². The molecule has 50 heavy (non-hydrogen) atoms. The van der Waals surface area contributed by atoms with Crippen LogP contribution in [0.4, 0.5) is 33.3 Å². The van der Waals surface area contributed by atoms with Crippen molar-refractivity contribution in [3.05, 3.63) is 132 Å². The number of unbranched alkanes of at least 4 members (excludes halogenated alkanes) is 2. The van der Waals surface area contributed by atoms with Gasteiger partial charge in [-0.25, -0.2) is 4.79 Å². The Morgan fingerprint density at radius 3 is 1.78 bits per heavy atom. The van der Waals surface area contributed by atoms with Crippen LogP contribution < -0.4 is 20.9 Å². The van der Waals surface area contributed by atoms with Crippen molar-refractivity contribution in [1.82, 2.24) is 0 Å². The van der Waals surface area contributed by atoms with Gasteiger partial charge >= 0.3 is 18.3 Å². The third kappa shape index (κ3) is 12.8. The SMILES string of the molecule is [CH2]C(COC(=O)/C=C/c1ccc(C(F)(F)Oc2ccc(OCCCCCC(F)(F)F)cc2)cc1)(Cc1ccc(N)cc1)Cc1ccc(N)cc1. The molecule has 4 N–H and O–H groups in total. The lowest BCUT2D eigenvalue weighted by atomic mass is 9.79. The minimum absolute atomic E-state index is 0.0197. The van der Waals surface area contributed by atoms with E-state index in [-0.39, 0.29) is 25.4 Å². The summed E-state index contributed by atoms with van der Waals surface area (Å²) in [6.45, 7) is 4.63. The molecule has 1 radical (unpaired) electrons. The van der Waals surface area contributed by atoms with Gasteiger partial charge in [-0.15, -0.1) is 0 Å². The van der Waals surface area contributed by atoms with Crippen molar-refractivity contribution in [2.45, 2.75) is 50.8 Å². The first-order chi connectivity index (χ1) is 23.7. The lowest BCUT2D eigenvalue weighted by molar-refractivity contribution is -0.185. The number of anilines is 2. The molecule has 0 bridgehead atoms. The maximum Gasteiger partial charge on any atom is 0.426 e. The number of hydrogen-bond donors (Lipinski definition) is 2. The van der Waals surface area contributed by atoms with Crippen LogP contribution in [0, 0.1) is 12.3 Å². The summed E-state index contributed by atoms with van der Waals surface area (Å²) >= 11 is 0. The van der Waals surface area contributed by atoms with Gasteiger partial charge in [0.15, 0.2) is 0 Å². The van der Waals surface area contributed by atoms with E-state index in [2.05, 4.69) is 6.92 Å². The highest BCUT2D eigenvalue weighted by Gasteiger charge is 2.34. The second-order valence-corrected chi connectivity index (χ2v) is 12.3. The largest absolute Gasteiger partial charge is 0.494 e. The molecule has 4 rings (SSSR count). The van der Waals surface area contributed by atoms with E-state index in [1.807, 2.05) is 24.3 Å². The predicted molar refractivity (Wildman–Crippen MR) is 184 cm³/mol. The van der Waals surface area contributed by atoms with E-state index in [1.165, 1.54) is 60.7 Å². The van der Waals surface area contributed by atoms with Gasteiger partial charge in [0, 0.05) is 29.3 Å². The van der Waals surface area contributed by atoms with Gasteiger partial charge in [-0.2, -0.15) is 22.0 Å². The summed E-state index contributed by atoms with van der Waals surface area (Å²) in [6, 6.07) is 25.6. The molecule has 0 amide bonds. The van der Waals surface area contributed by atoms with E-state index in [4.69, 9.17) is 25.7 Å². The lowest BCUT2D eigenvalue weighted by Crippen LogP contribution is -2.30. The first-order valence-electron chi connectivity index (χ1n) is 16.0. The quantitative estimate of drug-likeness (QED) is 0.0376. The molecular formula is C39H40F5N2O4. The summed E-state index contributed by atoms with van der Waals surface area (Å²) in [5.41, 5.74) is 14.3. The molecule has 265 valence electrons. The van der Waals surface area contributed by atoms with E-state index in [9.17, 15) is 26.7 Å². The fourth-order valence-electron chi connectivity index (χ4n) is 5.13. The Kier molecular flexibility index (Phi) is 12.9. The molecule has 4 aromatic carbocycles. The Morgan fingerprint density at radius 1 is 0.700 bits per heavy atom. The number of carbonyl (C=O) groups excluding carboxylic acids is 1. The molecule has 0 aliphatic carbocycles. The fraction of sp³-hybridized carbons (Fsp3) is 0.282. The molecule has 0 spiro atoms. The molecule has 0 saturated carbocycles. The second kappa shape index (κ2) is 17.0. The van der Waals surface area contributed by atoms with Gasteiger partial charge in [0.05, 0.1) is 18.8 Å². The normalized spacial score (nSPS) is 12.2. The van der Waals surface area contributed by atoms with Crippen LogP contribution in [0.2, 0.25) is 0 Å². The Bertz CT molecular complexity index is 1630. The molecule has 0 aliphatic rings. The zero-order chi connectivity index (χ0) is 36.2. The zero-order valence-electron chi connectivity index (χ0n) is 27.4. The summed E-state index contributed by atoms with van der Waals surface area (Å²) in [5, 5.41) is 0. The van der Waals surface area contributed by atoms with Crippen molar-refractivity contribution >= 4 is 23.4 Å². The van der Waals surface area contributed by atoms with Crippen LogP contribution in [0.25, 0.3) is 6.08 Å². The predicted octanol–water partition coefficient (Wildman–Crippen LogP) is 9.34. The van der Waals surface area contributed by atoms with Gasteiger partial charge in [0.25, 0.3) is 0 Å². The summed E-state index contributed by atoms with van der Waals surface area (Å²) in [4.78, 5) is 12.7. The van der Waals surface area contributed by atoms with E-state index >= 15 is 0 Å². The van der Waals surface area contributed by atoms with E-state index in [1.54, 1.807) is 24.3 Å². The number of esters is 1. The number of carbonyl (C=O) groups is 1. The molecule has 6 nitrogen and oxygen atoms in total.